The van der Waals surface area contributed by atoms with E-state index in [-0.39, 0.29) is 6.09 Å². The highest BCUT2D eigenvalue weighted by atomic mass is 16.6. The van der Waals surface area contributed by atoms with Crippen molar-refractivity contribution in [2.45, 2.75) is 72.1 Å². The van der Waals surface area contributed by atoms with Crippen molar-refractivity contribution in [2.75, 3.05) is 26.2 Å². The minimum absolute atomic E-state index is 0.338. The molecular formula is C31H43N3O4. The maximum Gasteiger partial charge on any atom is 0.410 e. The van der Waals surface area contributed by atoms with Crippen LogP contribution in [-0.4, -0.2) is 54.5 Å². The summed E-state index contributed by atoms with van der Waals surface area (Å²) in [5.41, 5.74) is 0.173. The first kappa shape index (κ1) is 29.2. The van der Waals surface area contributed by atoms with Gasteiger partial charge in [0.15, 0.2) is 0 Å². The van der Waals surface area contributed by atoms with Crippen molar-refractivity contribution in [2.24, 2.45) is 0 Å². The third-order valence-electron chi connectivity index (χ3n) is 5.89. The van der Waals surface area contributed by atoms with Crippen LogP contribution < -0.4 is 10.6 Å². The van der Waals surface area contributed by atoms with E-state index < -0.39 is 17.3 Å². The largest absolute Gasteiger partial charge is 0.444 e. The molecule has 0 aliphatic carbocycles. The van der Waals surface area contributed by atoms with Crippen LogP contribution in [0.1, 0.15) is 59.9 Å². The Morgan fingerprint density at radius 1 is 0.763 bits per heavy atom. The molecule has 0 saturated heterocycles. The van der Waals surface area contributed by atoms with Gasteiger partial charge in [0.25, 0.3) is 0 Å². The summed E-state index contributed by atoms with van der Waals surface area (Å²) < 4.78 is 10.9. The molecule has 0 fully saturated rings. The SMILES string of the molecule is CC(C)(C)OC(=O)NCCCN(CCCNCc1c2ccccc2cc2ccccc12)C(=O)OC(C)(C)C. The third kappa shape index (κ3) is 9.21. The first-order chi connectivity index (χ1) is 17.9. The van der Waals surface area contributed by atoms with E-state index in [0.29, 0.717) is 26.1 Å². The molecule has 2 N–H and O–H groups in total. The normalized spacial score (nSPS) is 11.9. The van der Waals surface area contributed by atoms with E-state index in [1.807, 2.05) is 41.5 Å². The molecule has 206 valence electrons. The van der Waals surface area contributed by atoms with Crippen molar-refractivity contribution in [3.63, 3.8) is 0 Å². The number of fused-ring (bicyclic) bond motifs is 2. The number of benzene rings is 3. The molecule has 3 aromatic rings. The highest BCUT2D eigenvalue weighted by molar-refractivity contribution is 6.02. The molecule has 0 atom stereocenters. The summed E-state index contributed by atoms with van der Waals surface area (Å²) in [7, 11) is 0. The maximum atomic E-state index is 12.8. The summed E-state index contributed by atoms with van der Waals surface area (Å²) in [6, 6.07) is 19.2. The fraction of sp³-hybridized carbons (Fsp3) is 0.484. The van der Waals surface area contributed by atoms with Crippen LogP contribution in [0.2, 0.25) is 0 Å². The number of nitrogens with zero attached hydrogens (tertiary/aromatic N) is 1. The van der Waals surface area contributed by atoms with Gasteiger partial charge in [0.05, 0.1) is 0 Å². The summed E-state index contributed by atoms with van der Waals surface area (Å²) >= 11 is 0. The molecule has 0 bridgehead atoms. The number of alkyl carbamates (subject to hydrolysis) is 1. The highest BCUT2D eigenvalue weighted by Gasteiger charge is 2.22. The molecular weight excluding hydrogens is 478 g/mol. The second-order valence-corrected chi connectivity index (χ2v) is 11.6. The Labute approximate surface area is 226 Å². The highest BCUT2D eigenvalue weighted by Crippen LogP contribution is 2.28. The number of carbonyl (C=O) groups is 2. The number of amides is 2. The topological polar surface area (TPSA) is 79.9 Å². The molecule has 0 radical (unpaired) electrons. The van der Waals surface area contributed by atoms with E-state index in [9.17, 15) is 9.59 Å². The number of carbonyl (C=O) groups excluding carboxylic acids is 2. The van der Waals surface area contributed by atoms with Gasteiger partial charge in [-0.05, 0) is 94.1 Å². The van der Waals surface area contributed by atoms with E-state index in [1.165, 1.54) is 27.1 Å². The zero-order valence-corrected chi connectivity index (χ0v) is 23.7. The second kappa shape index (κ2) is 13.0. The molecule has 0 aliphatic heterocycles. The van der Waals surface area contributed by atoms with Gasteiger partial charge in [-0.25, -0.2) is 9.59 Å². The Balaban J connectivity index is 1.54. The van der Waals surface area contributed by atoms with Gasteiger partial charge in [-0.2, -0.15) is 0 Å². The third-order valence-corrected chi connectivity index (χ3v) is 5.89. The molecule has 0 aliphatic rings. The Morgan fingerprint density at radius 2 is 1.29 bits per heavy atom. The van der Waals surface area contributed by atoms with Crippen LogP contribution in [0.15, 0.2) is 54.6 Å². The fourth-order valence-electron chi connectivity index (χ4n) is 4.30. The lowest BCUT2D eigenvalue weighted by molar-refractivity contribution is 0.0246. The van der Waals surface area contributed by atoms with Gasteiger partial charge in [-0.1, -0.05) is 48.5 Å². The van der Waals surface area contributed by atoms with Gasteiger partial charge in [0.1, 0.15) is 11.2 Å². The summed E-state index contributed by atoms with van der Waals surface area (Å²) in [5.74, 6) is 0. The lowest BCUT2D eigenvalue weighted by Gasteiger charge is -2.27. The number of nitrogens with one attached hydrogen (secondary N) is 2. The van der Waals surface area contributed by atoms with E-state index in [4.69, 9.17) is 9.47 Å². The monoisotopic (exact) mass is 521 g/mol. The van der Waals surface area contributed by atoms with Crippen molar-refractivity contribution < 1.29 is 19.1 Å². The molecule has 2 amide bonds. The van der Waals surface area contributed by atoms with Crippen LogP contribution in [0.25, 0.3) is 21.5 Å². The van der Waals surface area contributed by atoms with E-state index in [0.717, 1.165) is 19.5 Å². The van der Waals surface area contributed by atoms with Crippen LogP contribution in [0.5, 0.6) is 0 Å². The van der Waals surface area contributed by atoms with Gasteiger partial charge in [-0.15, -0.1) is 0 Å². The van der Waals surface area contributed by atoms with E-state index >= 15 is 0 Å². The van der Waals surface area contributed by atoms with Crippen LogP contribution in [-0.2, 0) is 16.0 Å². The van der Waals surface area contributed by atoms with Crippen molar-refractivity contribution in [3.8, 4) is 0 Å². The van der Waals surface area contributed by atoms with Gasteiger partial charge < -0.3 is 25.0 Å². The fourth-order valence-corrected chi connectivity index (χ4v) is 4.30. The minimum Gasteiger partial charge on any atom is -0.444 e. The molecule has 0 saturated carbocycles. The molecule has 0 heterocycles. The lowest BCUT2D eigenvalue weighted by atomic mass is 9.97. The minimum atomic E-state index is -0.572. The molecule has 0 aromatic heterocycles. The van der Waals surface area contributed by atoms with Crippen molar-refractivity contribution >= 4 is 33.7 Å². The van der Waals surface area contributed by atoms with Crippen LogP contribution in [0.4, 0.5) is 9.59 Å². The van der Waals surface area contributed by atoms with Crippen molar-refractivity contribution in [1.82, 2.24) is 15.5 Å². The summed E-state index contributed by atoms with van der Waals surface area (Å²) in [6.45, 7) is 14.0. The zero-order chi connectivity index (χ0) is 27.8. The Bertz CT molecular complexity index is 1170. The molecule has 0 unspecified atom stereocenters. The molecule has 7 heteroatoms. The predicted octanol–water partition coefficient (Wildman–Crippen LogP) is 6.62. The average Bonchev–Trinajstić information content (AvgIpc) is 2.82. The first-order valence-corrected chi connectivity index (χ1v) is 13.5. The van der Waals surface area contributed by atoms with Gasteiger partial charge in [0.2, 0.25) is 0 Å². The maximum absolute atomic E-state index is 12.8. The molecule has 7 nitrogen and oxygen atoms in total. The van der Waals surface area contributed by atoms with Crippen LogP contribution >= 0.6 is 0 Å². The first-order valence-electron chi connectivity index (χ1n) is 13.5. The number of rotatable bonds is 10. The molecule has 3 aromatic carbocycles. The summed E-state index contributed by atoms with van der Waals surface area (Å²) in [5, 5.41) is 11.3. The molecule has 0 spiro atoms. The quantitative estimate of drug-likeness (QED) is 0.231. The average molecular weight is 522 g/mol. The van der Waals surface area contributed by atoms with Gasteiger partial charge >= 0.3 is 12.2 Å². The Hall–Kier alpha value is -3.32. The standard InChI is InChI=1S/C31H43N3O4/c1-30(2,3)37-28(35)33-18-12-20-34(29(36)38-31(4,5)6)19-11-17-32-22-27-25-15-9-7-13-23(25)21-24-14-8-10-16-26(24)27/h7-10,13-16,21,32H,11-12,17-20,22H2,1-6H3,(H,33,35). The van der Waals surface area contributed by atoms with Gasteiger partial charge in [-0.3, -0.25) is 0 Å². The summed E-state index contributed by atoms with van der Waals surface area (Å²) in [6.07, 6.45) is 0.594. The van der Waals surface area contributed by atoms with Crippen LogP contribution in [0.3, 0.4) is 0 Å². The van der Waals surface area contributed by atoms with E-state index in [2.05, 4.69) is 65.2 Å². The molecule has 3 rings (SSSR count). The van der Waals surface area contributed by atoms with Crippen LogP contribution in [0, 0.1) is 0 Å². The number of hydrogen-bond acceptors (Lipinski definition) is 5. The number of hydrogen-bond donors (Lipinski definition) is 2. The molecule has 38 heavy (non-hydrogen) atoms. The smallest absolute Gasteiger partial charge is 0.410 e. The summed E-state index contributed by atoms with van der Waals surface area (Å²) in [4.78, 5) is 26.4. The Kier molecular flexibility index (Phi) is 9.97. The van der Waals surface area contributed by atoms with Crippen molar-refractivity contribution in [3.05, 3.63) is 60.2 Å². The van der Waals surface area contributed by atoms with E-state index in [1.54, 1.807) is 4.90 Å². The lowest BCUT2D eigenvalue weighted by Crippen LogP contribution is -2.40. The van der Waals surface area contributed by atoms with Gasteiger partial charge in [0, 0.05) is 26.2 Å². The number of ether oxygens (including phenoxy) is 2. The zero-order valence-electron chi connectivity index (χ0n) is 23.7. The van der Waals surface area contributed by atoms with Crippen molar-refractivity contribution in [1.29, 1.82) is 0 Å². The second-order valence-electron chi connectivity index (χ2n) is 11.6. The predicted molar refractivity (Wildman–Crippen MR) is 154 cm³/mol. The Morgan fingerprint density at radius 3 is 1.84 bits per heavy atom.